The van der Waals surface area contributed by atoms with Gasteiger partial charge in [0.25, 0.3) is 5.91 Å². The van der Waals surface area contributed by atoms with Crippen molar-refractivity contribution in [1.82, 2.24) is 14.8 Å². The molecule has 0 unspecified atom stereocenters. The number of nitrogens with zero attached hydrogens (tertiary/aromatic N) is 3. The van der Waals surface area contributed by atoms with Gasteiger partial charge in [-0.3, -0.25) is 9.78 Å². The zero-order valence-corrected chi connectivity index (χ0v) is 11.2. The van der Waals surface area contributed by atoms with Crippen LogP contribution < -0.4 is 0 Å². The third-order valence-electron chi connectivity index (χ3n) is 3.44. The van der Waals surface area contributed by atoms with E-state index in [9.17, 15) is 4.79 Å². The molecule has 0 saturated carbocycles. The molecule has 0 aliphatic carbocycles. The van der Waals surface area contributed by atoms with Crippen LogP contribution in [0.1, 0.15) is 29.4 Å². The van der Waals surface area contributed by atoms with Crippen molar-refractivity contribution in [2.45, 2.75) is 19.8 Å². The molecule has 1 aliphatic heterocycles. The fourth-order valence-corrected chi connectivity index (χ4v) is 2.19. The maximum absolute atomic E-state index is 12.3. The number of hydrogen-bond donors (Lipinski definition) is 0. The second kappa shape index (κ2) is 5.96. The van der Waals surface area contributed by atoms with E-state index in [1.165, 1.54) is 0 Å². The molecule has 4 nitrogen and oxygen atoms in total. The lowest BCUT2D eigenvalue weighted by Gasteiger charge is -2.20. The minimum Gasteiger partial charge on any atom is -0.337 e. The lowest BCUT2D eigenvalue weighted by atomic mass is 10.2. The smallest absolute Gasteiger partial charge is 0.255 e. The van der Waals surface area contributed by atoms with Crippen LogP contribution in [0.5, 0.6) is 0 Å². The van der Waals surface area contributed by atoms with Crippen molar-refractivity contribution >= 4 is 5.91 Å². The maximum Gasteiger partial charge on any atom is 0.255 e. The molecule has 4 heteroatoms. The third-order valence-corrected chi connectivity index (χ3v) is 3.44. The Balaban J connectivity index is 2.05. The van der Waals surface area contributed by atoms with Crippen LogP contribution in [0.3, 0.4) is 0 Å². The first-order chi connectivity index (χ1) is 8.70. The third kappa shape index (κ3) is 3.07. The Morgan fingerprint density at radius 3 is 2.78 bits per heavy atom. The Morgan fingerprint density at radius 2 is 2.11 bits per heavy atom. The number of aryl methyl sites for hydroxylation is 1. The van der Waals surface area contributed by atoms with Gasteiger partial charge in [-0.2, -0.15) is 0 Å². The van der Waals surface area contributed by atoms with E-state index < -0.39 is 0 Å². The summed E-state index contributed by atoms with van der Waals surface area (Å²) in [6.07, 6.45) is 3.65. The van der Waals surface area contributed by atoms with E-state index in [1.54, 1.807) is 6.20 Å². The first kappa shape index (κ1) is 13.0. The lowest BCUT2D eigenvalue weighted by Crippen LogP contribution is -2.34. The highest BCUT2D eigenvalue weighted by Crippen LogP contribution is 2.08. The highest BCUT2D eigenvalue weighted by atomic mass is 16.2. The molecule has 1 aromatic heterocycles. The number of pyridine rings is 1. The Hall–Kier alpha value is -1.42. The first-order valence-electron chi connectivity index (χ1n) is 6.63. The number of carbonyl (C=O) groups is 1. The van der Waals surface area contributed by atoms with Crippen LogP contribution >= 0.6 is 0 Å². The Morgan fingerprint density at radius 1 is 1.28 bits per heavy atom. The molecule has 2 heterocycles. The summed E-state index contributed by atoms with van der Waals surface area (Å²) >= 11 is 0. The fraction of sp³-hybridized carbons (Fsp3) is 0.571. The van der Waals surface area contributed by atoms with Crippen molar-refractivity contribution in [3.05, 3.63) is 29.6 Å². The number of likely N-dealkylation sites (N-methyl/N-ethyl adjacent to an activating group) is 1. The van der Waals surface area contributed by atoms with Gasteiger partial charge in [0.05, 0.1) is 5.56 Å². The SMILES string of the molecule is CCc1ccc(C(=O)N2CCCN(C)CC2)cn1. The van der Waals surface area contributed by atoms with Crippen LogP contribution in [-0.4, -0.2) is 53.9 Å². The van der Waals surface area contributed by atoms with Gasteiger partial charge >= 0.3 is 0 Å². The van der Waals surface area contributed by atoms with Crippen LogP contribution in [0.4, 0.5) is 0 Å². The zero-order valence-electron chi connectivity index (χ0n) is 11.2. The monoisotopic (exact) mass is 247 g/mol. The average Bonchev–Trinajstić information content (AvgIpc) is 2.63. The quantitative estimate of drug-likeness (QED) is 0.793. The predicted octanol–water partition coefficient (Wildman–Crippen LogP) is 1.42. The van der Waals surface area contributed by atoms with Crippen LogP contribution in [0.25, 0.3) is 0 Å². The average molecular weight is 247 g/mol. The second-order valence-electron chi connectivity index (χ2n) is 4.84. The zero-order chi connectivity index (χ0) is 13.0. The maximum atomic E-state index is 12.3. The summed E-state index contributed by atoms with van der Waals surface area (Å²) in [5, 5.41) is 0. The molecule has 0 aromatic carbocycles. The summed E-state index contributed by atoms with van der Waals surface area (Å²) in [5.41, 5.74) is 1.74. The van der Waals surface area contributed by atoms with E-state index in [0.29, 0.717) is 5.56 Å². The molecule has 0 spiro atoms. The van der Waals surface area contributed by atoms with Crippen molar-refractivity contribution in [2.24, 2.45) is 0 Å². The number of amides is 1. The van der Waals surface area contributed by atoms with Crippen molar-refractivity contribution < 1.29 is 4.79 Å². The van der Waals surface area contributed by atoms with E-state index >= 15 is 0 Å². The van der Waals surface area contributed by atoms with E-state index in [4.69, 9.17) is 0 Å². The van der Waals surface area contributed by atoms with Gasteiger partial charge in [0.2, 0.25) is 0 Å². The summed E-state index contributed by atoms with van der Waals surface area (Å²) in [7, 11) is 2.10. The van der Waals surface area contributed by atoms with E-state index in [-0.39, 0.29) is 5.91 Å². The summed E-state index contributed by atoms with van der Waals surface area (Å²) in [5.74, 6) is 0.112. The highest BCUT2D eigenvalue weighted by molar-refractivity contribution is 5.93. The number of carbonyl (C=O) groups excluding carboxylic acids is 1. The Labute approximate surface area is 109 Å². The molecule has 1 saturated heterocycles. The standard InChI is InChI=1S/C14H21N3O/c1-3-13-6-5-12(11-15-13)14(18)17-8-4-7-16(2)9-10-17/h5-6,11H,3-4,7-10H2,1-2H3. The molecule has 0 N–H and O–H groups in total. The first-order valence-corrected chi connectivity index (χ1v) is 6.63. The van der Waals surface area contributed by atoms with Gasteiger partial charge in [0, 0.05) is 31.5 Å². The van der Waals surface area contributed by atoms with E-state index in [2.05, 4.69) is 23.9 Å². The van der Waals surface area contributed by atoms with Crippen molar-refractivity contribution in [3.63, 3.8) is 0 Å². The summed E-state index contributed by atoms with van der Waals surface area (Å²) < 4.78 is 0. The minimum atomic E-state index is 0.112. The molecule has 98 valence electrons. The molecule has 1 fully saturated rings. The number of aromatic nitrogens is 1. The van der Waals surface area contributed by atoms with Crippen LogP contribution in [0.2, 0.25) is 0 Å². The normalized spacial score (nSPS) is 17.6. The molecule has 1 amide bonds. The predicted molar refractivity (Wildman–Crippen MR) is 71.6 cm³/mol. The molecular weight excluding hydrogens is 226 g/mol. The molecule has 0 bridgehead atoms. The van der Waals surface area contributed by atoms with Crippen molar-refractivity contribution in [3.8, 4) is 0 Å². The molecular formula is C14H21N3O. The van der Waals surface area contributed by atoms with Gasteiger partial charge in [-0.15, -0.1) is 0 Å². The fourth-order valence-electron chi connectivity index (χ4n) is 2.19. The summed E-state index contributed by atoms with van der Waals surface area (Å²) in [4.78, 5) is 20.8. The van der Waals surface area contributed by atoms with Crippen molar-refractivity contribution in [1.29, 1.82) is 0 Å². The Bertz CT molecular complexity index is 402. The van der Waals surface area contributed by atoms with Gasteiger partial charge in [-0.25, -0.2) is 0 Å². The topological polar surface area (TPSA) is 36.4 Å². The molecule has 0 atom stereocenters. The van der Waals surface area contributed by atoms with Crippen LogP contribution in [-0.2, 0) is 6.42 Å². The summed E-state index contributed by atoms with van der Waals surface area (Å²) in [6.45, 7) is 5.74. The van der Waals surface area contributed by atoms with Gasteiger partial charge < -0.3 is 9.80 Å². The van der Waals surface area contributed by atoms with Crippen molar-refractivity contribution in [2.75, 3.05) is 33.2 Å². The van der Waals surface area contributed by atoms with Gasteiger partial charge in [-0.1, -0.05) is 6.92 Å². The van der Waals surface area contributed by atoms with Gasteiger partial charge in [0.1, 0.15) is 0 Å². The minimum absolute atomic E-state index is 0.112. The number of hydrogen-bond acceptors (Lipinski definition) is 3. The molecule has 1 aromatic rings. The highest BCUT2D eigenvalue weighted by Gasteiger charge is 2.18. The van der Waals surface area contributed by atoms with E-state index in [0.717, 1.165) is 44.7 Å². The molecule has 0 radical (unpaired) electrons. The lowest BCUT2D eigenvalue weighted by molar-refractivity contribution is 0.0762. The van der Waals surface area contributed by atoms with Gasteiger partial charge in [0.15, 0.2) is 0 Å². The largest absolute Gasteiger partial charge is 0.337 e. The second-order valence-corrected chi connectivity index (χ2v) is 4.84. The van der Waals surface area contributed by atoms with E-state index in [1.807, 2.05) is 17.0 Å². The van der Waals surface area contributed by atoms with Crippen LogP contribution in [0, 0.1) is 0 Å². The molecule has 2 rings (SSSR count). The molecule has 18 heavy (non-hydrogen) atoms. The Kier molecular flexibility index (Phi) is 4.31. The summed E-state index contributed by atoms with van der Waals surface area (Å²) in [6, 6.07) is 3.83. The van der Waals surface area contributed by atoms with Gasteiger partial charge in [-0.05, 0) is 38.6 Å². The number of rotatable bonds is 2. The van der Waals surface area contributed by atoms with Crippen LogP contribution in [0.15, 0.2) is 18.3 Å². The molecule has 1 aliphatic rings.